The van der Waals surface area contributed by atoms with Crippen molar-refractivity contribution in [3.8, 4) is 0 Å². The third-order valence-electron chi connectivity index (χ3n) is 5.10. The SMILES string of the molecule is CCOC(=O)C1=C(C)N=c2sc(=Cc3ccc(Cl)cc3)c(=O)n2C1c1ccc([N+](=O)[O-])cc1. The summed E-state index contributed by atoms with van der Waals surface area (Å²) in [6, 6.07) is 12.0. The van der Waals surface area contributed by atoms with Gasteiger partial charge < -0.3 is 4.74 Å². The minimum Gasteiger partial charge on any atom is -0.463 e. The van der Waals surface area contributed by atoms with Crippen molar-refractivity contribution in [3.63, 3.8) is 0 Å². The number of carbonyl (C=O) groups excluding carboxylic acids is 1. The Bertz CT molecular complexity index is 1450. The van der Waals surface area contributed by atoms with Gasteiger partial charge in [-0.2, -0.15) is 0 Å². The predicted octanol–water partition coefficient (Wildman–Crippen LogP) is 3.36. The molecule has 2 aromatic carbocycles. The number of thiazole rings is 1. The molecule has 3 aromatic rings. The molecule has 0 saturated carbocycles. The fraction of sp³-hybridized carbons (Fsp3) is 0.174. The van der Waals surface area contributed by atoms with Crippen LogP contribution in [0.5, 0.6) is 0 Å². The number of ether oxygens (including phenoxy) is 1. The Morgan fingerprint density at radius 2 is 1.91 bits per heavy atom. The number of benzene rings is 2. The first-order valence-corrected chi connectivity index (χ1v) is 11.2. The van der Waals surface area contributed by atoms with Crippen LogP contribution < -0.4 is 14.9 Å². The largest absolute Gasteiger partial charge is 0.463 e. The van der Waals surface area contributed by atoms with Crippen LogP contribution in [0, 0.1) is 10.1 Å². The summed E-state index contributed by atoms with van der Waals surface area (Å²) in [7, 11) is 0. The van der Waals surface area contributed by atoms with E-state index in [0.717, 1.165) is 5.56 Å². The van der Waals surface area contributed by atoms with E-state index in [1.165, 1.54) is 40.2 Å². The van der Waals surface area contributed by atoms with Crippen LogP contribution in [-0.4, -0.2) is 22.1 Å². The number of nitro benzene ring substituents is 1. The standard InChI is InChI=1S/C23H18ClN3O5S/c1-3-32-22(29)19-13(2)25-23-26(20(19)15-6-10-17(11-7-15)27(30)31)21(28)18(33-23)12-14-4-8-16(24)9-5-14/h4-12,20H,3H2,1-2H3. The van der Waals surface area contributed by atoms with Gasteiger partial charge in [-0.05, 0) is 55.3 Å². The minimum absolute atomic E-state index is 0.0905. The molecular weight excluding hydrogens is 466 g/mol. The van der Waals surface area contributed by atoms with E-state index >= 15 is 0 Å². The minimum atomic E-state index is -0.825. The third-order valence-corrected chi connectivity index (χ3v) is 6.34. The van der Waals surface area contributed by atoms with E-state index in [-0.39, 0.29) is 23.4 Å². The number of aromatic nitrogens is 1. The van der Waals surface area contributed by atoms with Crippen LogP contribution in [0.15, 0.2) is 69.6 Å². The molecule has 0 N–H and O–H groups in total. The summed E-state index contributed by atoms with van der Waals surface area (Å²) >= 11 is 7.15. The first-order valence-electron chi connectivity index (χ1n) is 9.99. The van der Waals surface area contributed by atoms with Crippen molar-refractivity contribution in [3.05, 3.63) is 106 Å². The van der Waals surface area contributed by atoms with Gasteiger partial charge in [0.15, 0.2) is 4.80 Å². The van der Waals surface area contributed by atoms with Crippen LogP contribution in [0.25, 0.3) is 6.08 Å². The average molecular weight is 484 g/mol. The van der Waals surface area contributed by atoms with Crippen LogP contribution in [0.3, 0.4) is 0 Å². The zero-order valence-corrected chi connectivity index (χ0v) is 19.2. The summed E-state index contributed by atoms with van der Waals surface area (Å²) in [5, 5.41) is 11.7. The van der Waals surface area contributed by atoms with Crippen LogP contribution in [-0.2, 0) is 9.53 Å². The van der Waals surface area contributed by atoms with Crippen LogP contribution >= 0.6 is 22.9 Å². The van der Waals surface area contributed by atoms with Crippen molar-refractivity contribution in [2.24, 2.45) is 4.99 Å². The summed E-state index contributed by atoms with van der Waals surface area (Å²) in [4.78, 5) is 41.8. The summed E-state index contributed by atoms with van der Waals surface area (Å²) in [6.45, 7) is 3.53. The number of carbonyl (C=O) groups is 1. The monoisotopic (exact) mass is 483 g/mol. The summed E-state index contributed by atoms with van der Waals surface area (Å²) in [6.07, 6.45) is 1.73. The molecule has 4 rings (SSSR count). The molecule has 8 nitrogen and oxygen atoms in total. The van der Waals surface area contributed by atoms with Gasteiger partial charge >= 0.3 is 5.97 Å². The van der Waals surface area contributed by atoms with Gasteiger partial charge in [0.05, 0.1) is 33.4 Å². The first-order chi connectivity index (χ1) is 15.8. The van der Waals surface area contributed by atoms with E-state index in [0.29, 0.717) is 25.6 Å². The van der Waals surface area contributed by atoms with Gasteiger partial charge in [0.2, 0.25) is 0 Å². The molecule has 1 aromatic heterocycles. The maximum Gasteiger partial charge on any atom is 0.338 e. The van der Waals surface area contributed by atoms with Gasteiger partial charge in [-0.1, -0.05) is 35.1 Å². The highest BCUT2D eigenvalue weighted by Gasteiger charge is 2.33. The quantitative estimate of drug-likeness (QED) is 0.314. The Morgan fingerprint density at radius 1 is 1.24 bits per heavy atom. The average Bonchev–Trinajstić information content (AvgIpc) is 3.09. The molecule has 2 heterocycles. The molecule has 0 spiro atoms. The van der Waals surface area contributed by atoms with E-state index < -0.39 is 16.9 Å². The van der Waals surface area contributed by atoms with E-state index in [4.69, 9.17) is 16.3 Å². The number of fused-ring (bicyclic) bond motifs is 1. The van der Waals surface area contributed by atoms with Crippen molar-refractivity contribution in [1.82, 2.24) is 4.57 Å². The third kappa shape index (κ3) is 4.37. The number of nitrogens with zero attached hydrogens (tertiary/aromatic N) is 3. The topological polar surface area (TPSA) is 104 Å². The molecule has 1 aliphatic heterocycles. The molecule has 1 aliphatic rings. The normalized spacial score (nSPS) is 15.7. The Morgan fingerprint density at radius 3 is 2.52 bits per heavy atom. The lowest BCUT2D eigenvalue weighted by Crippen LogP contribution is -2.39. The second-order valence-electron chi connectivity index (χ2n) is 7.20. The van der Waals surface area contributed by atoms with Crippen LogP contribution in [0.2, 0.25) is 5.02 Å². The second-order valence-corrected chi connectivity index (χ2v) is 8.65. The lowest BCUT2D eigenvalue weighted by molar-refractivity contribution is -0.384. The zero-order chi connectivity index (χ0) is 23.7. The van der Waals surface area contributed by atoms with Crippen molar-refractivity contribution < 1.29 is 14.5 Å². The summed E-state index contributed by atoms with van der Waals surface area (Å²) in [5.41, 5.74) is 1.56. The van der Waals surface area contributed by atoms with Crippen molar-refractivity contribution >= 4 is 40.7 Å². The van der Waals surface area contributed by atoms with E-state index in [9.17, 15) is 19.7 Å². The molecule has 0 bridgehead atoms. The molecule has 0 radical (unpaired) electrons. The lowest BCUT2D eigenvalue weighted by atomic mass is 9.95. The molecule has 1 atom stereocenters. The molecular formula is C23H18ClN3O5S. The fourth-order valence-corrected chi connectivity index (χ4v) is 4.77. The number of rotatable bonds is 5. The maximum atomic E-state index is 13.4. The molecule has 10 heteroatoms. The second kappa shape index (κ2) is 9.13. The Labute approximate surface area is 196 Å². The summed E-state index contributed by atoms with van der Waals surface area (Å²) < 4.78 is 7.11. The number of esters is 1. The van der Waals surface area contributed by atoms with Crippen LogP contribution in [0.1, 0.15) is 31.0 Å². The molecule has 168 valence electrons. The number of nitro groups is 1. The van der Waals surface area contributed by atoms with Crippen molar-refractivity contribution in [2.75, 3.05) is 6.61 Å². The maximum absolute atomic E-state index is 13.4. The highest BCUT2D eigenvalue weighted by atomic mass is 35.5. The van der Waals surface area contributed by atoms with Gasteiger partial charge in [-0.3, -0.25) is 19.5 Å². The predicted molar refractivity (Wildman–Crippen MR) is 125 cm³/mol. The first kappa shape index (κ1) is 22.6. The molecule has 1 unspecified atom stereocenters. The van der Waals surface area contributed by atoms with E-state index in [2.05, 4.69) is 4.99 Å². The van der Waals surface area contributed by atoms with Gasteiger partial charge in [0.25, 0.3) is 11.2 Å². The molecule has 33 heavy (non-hydrogen) atoms. The number of hydrogen-bond acceptors (Lipinski definition) is 7. The Balaban J connectivity index is 1.93. The van der Waals surface area contributed by atoms with E-state index in [1.54, 1.807) is 44.2 Å². The van der Waals surface area contributed by atoms with Crippen molar-refractivity contribution in [1.29, 1.82) is 0 Å². The van der Waals surface area contributed by atoms with Gasteiger partial charge in [-0.15, -0.1) is 0 Å². The zero-order valence-electron chi connectivity index (χ0n) is 17.6. The smallest absolute Gasteiger partial charge is 0.338 e. The van der Waals surface area contributed by atoms with Crippen LogP contribution in [0.4, 0.5) is 5.69 Å². The van der Waals surface area contributed by atoms with E-state index in [1.807, 2.05) is 0 Å². The Hall–Kier alpha value is -3.56. The Kier molecular flexibility index (Phi) is 6.26. The van der Waals surface area contributed by atoms with Gasteiger partial charge in [0, 0.05) is 17.2 Å². The lowest BCUT2D eigenvalue weighted by Gasteiger charge is -2.24. The van der Waals surface area contributed by atoms with Crippen molar-refractivity contribution in [2.45, 2.75) is 19.9 Å². The molecule has 0 saturated heterocycles. The van der Waals surface area contributed by atoms with Gasteiger partial charge in [0.1, 0.15) is 0 Å². The number of halogens is 1. The highest BCUT2D eigenvalue weighted by Crippen LogP contribution is 2.31. The molecule has 0 aliphatic carbocycles. The fourth-order valence-electron chi connectivity index (χ4n) is 3.60. The number of hydrogen-bond donors (Lipinski definition) is 0. The molecule has 0 amide bonds. The molecule has 0 fully saturated rings. The highest BCUT2D eigenvalue weighted by molar-refractivity contribution is 7.07. The number of allylic oxidation sites excluding steroid dienone is 1. The summed E-state index contributed by atoms with van der Waals surface area (Å²) in [5.74, 6) is -0.589. The number of non-ortho nitro benzene ring substituents is 1. The van der Waals surface area contributed by atoms with Gasteiger partial charge in [-0.25, -0.2) is 9.79 Å².